The second-order valence-corrected chi connectivity index (χ2v) is 6.65. The van der Waals surface area contributed by atoms with Gasteiger partial charge in [-0.15, -0.1) is 0 Å². The number of piperidine rings is 1. The minimum Gasteiger partial charge on any atom is -0.369 e. The lowest BCUT2D eigenvalue weighted by Gasteiger charge is -2.31. The van der Waals surface area contributed by atoms with E-state index in [4.69, 9.17) is 5.73 Å². The van der Waals surface area contributed by atoms with Gasteiger partial charge >= 0.3 is 0 Å². The number of nitrogens with two attached hydrogens (primary N) is 1. The minimum atomic E-state index is -0.224. The van der Waals surface area contributed by atoms with Crippen molar-refractivity contribution in [2.75, 3.05) is 19.6 Å². The van der Waals surface area contributed by atoms with Crippen LogP contribution >= 0.6 is 0 Å². The van der Waals surface area contributed by atoms with Gasteiger partial charge in [0.15, 0.2) is 0 Å². The molecule has 1 saturated heterocycles. The van der Waals surface area contributed by atoms with Gasteiger partial charge in [0, 0.05) is 5.92 Å². The van der Waals surface area contributed by atoms with E-state index < -0.39 is 0 Å². The highest BCUT2D eigenvalue weighted by atomic mass is 16.2. The quantitative estimate of drug-likeness (QED) is 0.838. The molecule has 0 saturated carbocycles. The van der Waals surface area contributed by atoms with E-state index in [0.29, 0.717) is 12.5 Å². The topological polar surface area (TPSA) is 75.4 Å². The molecular weight excluding hydrogens is 290 g/mol. The van der Waals surface area contributed by atoms with Gasteiger partial charge in [-0.3, -0.25) is 14.5 Å². The van der Waals surface area contributed by atoms with Gasteiger partial charge in [-0.05, 0) is 37.4 Å². The standard InChI is InChI=1S/C18H27N3O2/c1-13(2)17(14-6-4-3-5-7-14)20-16(22)12-21-10-8-15(9-11-21)18(19)23/h3-7,13,15,17H,8-12H2,1-2H3,(H2,19,23)(H,20,22)/t17-/m0/s1. The predicted octanol–water partition coefficient (Wildman–Crippen LogP) is 1.70. The Morgan fingerprint density at radius 2 is 1.83 bits per heavy atom. The molecule has 1 heterocycles. The van der Waals surface area contributed by atoms with E-state index >= 15 is 0 Å². The molecular formula is C18H27N3O2. The first-order valence-corrected chi connectivity index (χ1v) is 8.33. The van der Waals surface area contributed by atoms with Crippen LogP contribution in [-0.4, -0.2) is 36.3 Å². The van der Waals surface area contributed by atoms with Crippen molar-refractivity contribution in [1.29, 1.82) is 0 Å². The number of carbonyl (C=O) groups is 2. The molecule has 1 aliphatic heterocycles. The van der Waals surface area contributed by atoms with E-state index in [0.717, 1.165) is 31.5 Å². The number of hydrogen-bond donors (Lipinski definition) is 2. The van der Waals surface area contributed by atoms with Gasteiger partial charge < -0.3 is 11.1 Å². The van der Waals surface area contributed by atoms with Crippen LogP contribution in [0.15, 0.2) is 30.3 Å². The lowest BCUT2D eigenvalue weighted by molar-refractivity contribution is -0.124. The summed E-state index contributed by atoms with van der Waals surface area (Å²) < 4.78 is 0. The van der Waals surface area contributed by atoms with Gasteiger partial charge in [0.05, 0.1) is 12.6 Å². The molecule has 126 valence electrons. The van der Waals surface area contributed by atoms with Gasteiger partial charge in [-0.2, -0.15) is 0 Å². The van der Waals surface area contributed by atoms with Crippen molar-refractivity contribution in [2.45, 2.75) is 32.7 Å². The second kappa shape index (κ2) is 8.11. The number of hydrogen-bond acceptors (Lipinski definition) is 3. The molecule has 1 atom stereocenters. The zero-order valence-electron chi connectivity index (χ0n) is 14.0. The number of rotatable bonds is 6. The summed E-state index contributed by atoms with van der Waals surface area (Å²) in [5.41, 5.74) is 6.47. The SMILES string of the molecule is CC(C)[C@H](NC(=O)CN1CCC(C(N)=O)CC1)c1ccccc1. The highest BCUT2D eigenvalue weighted by Gasteiger charge is 2.25. The molecule has 3 N–H and O–H groups in total. The van der Waals surface area contributed by atoms with Gasteiger partial charge in [0.2, 0.25) is 11.8 Å². The third kappa shape index (κ3) is 5.06. The number of benzene rings is 1. The average molecular weight is 317 g/mol. The van der Waals surface area contributed by atoms with Crippen LogP contribution in [-0.2, 0) is 9.59 Å². The fraction of sp³-hybridized carbons (Fsp3) is 0.556. The molecule has 0 radical (unpaired) electrons. The Labute approximate surface area is 138 Å². The van der Waals surface area contributed by atoms with Crippen LogP contribution in [0.3, 0.4) is 0 Å². The summed E-state index contributed by atoms with van der Waals surface area (Å²) in [5, 5.41) is 3.14. The highest BCUT2D eigenvalue weighted by molar-refractivity contribution is 5.79. The molecule has 0 aromatic heterocycles. The van der Waals surface area contributed by atoms with E-state index in [-0.39, 0.29) is 23.8 Å². The molecule has 0 aliphatic carbocycles. The zero-order chi connectivity index (χ0) is 16.8. The first kappa shape index (κ1) is 17.5. The maximum absolute atomic E-state index is 12.4. The van der Waals surface area contributed by atoms with Crippen LogP contribution in [0.2, 0.25) is 0 Å². The van der Waals surface area contributed by atoms with Crippen LogP contribution < -0.4 is 11.1 Å². The Hall–Kier alpha value is -1.88. The number of primary amides is 1. The van der Waals surface area contributed by atoms with E-state index in [1.807, 2.05) is 30.3 Å². The summed E-state index contributed by atoms with van der Waals surface area (Å²) in [6.45, 7) is 6.09. The summed E-state index contributed by atoms with van der Waals surface area (Å²) in [5.74, 6) is 0.0899. The molecule has 1 fully saturated rings. The Morgan fingerprint density at radius 1 is 1.22 bits per heavy atom. The maximum atomic E-state index is 12.4. The summed E-state index contributed by atoms with van der Waals surface area (Å²) in [6, 6.07) is 10.1. The first-order valence-electron chi connectivity index (χ1n) is 8.33. The lowest BCUT2D eigenvalue weighted by Crippen LogP contribution is -2.44. The molecule has 1 aliphatic rings. The van der Waals surface area contributed by atoms with Crippen molar-refractivity contribution in [3.05, 3.63) is 35.9 Å². The summed E-state index contributed by atoms with van der Waals surface area (Å²) in [4.78, 5) is 25.6. The Bertz CT molecular complexity index is 522. The molecule has 1 aromatic carbocycles. The Balaban J connectivity index is 1.87. The number of likely N-dealkylation sites (tertiary alicyclic amines) is 1. The summed E-state index contributed by atoms with van der Waals surface area (Å²) in [7, 11) is 0. The fourth-order valence-corrected chi connectivity index (χ4v) is 3.09. The second-order valence-electron chi connectivity index (χ2n) is 6.65. The Morgan fingerprint density at radius 3 is 2.35 bits per heavy atom. The van der Waals surface area contributed by atoms with Crippen molar-refractivity contribution >= 4 is 11.8 Å². The normalized spacial score (nSPS) is 17.9. The van der Waals surface area contributed by atoms with E-state index in [2.05, 4.69) is 24.1 Å². The van der Waals surface area contributed by atoms with Crippen LogP contribution in [0.25, 0.3) is 0 Å². The molecule has 2 amide bonds. The van der Waals surface area contributed by atoms with Crippen LogP contribution in [0, 0.1) is 11.8 Å². The molecule has 5 nitrogen and oxygen atoms in total. The molecule has 1 aromatic rings. The van der Waals surface area contributed by atoms with E-state index in [1.165, 1.54) is 0 Å². The van der Waals surface area contributed by atoms with E-state index in [9.17, 15) is 9.59 Å². The highest BCUT2D eigenvalue weighted by Crippen LogP contribution is 2.21. The monoisotopic (exact) mass is 317 g/mol. The van der Waals surface area contributed by atoms with Crippen molar-refractivity contribution in [3.8, 4) is 0 Å². The van der Waals surface area contributed by atoms with Crippen molar-refractivity contribution < 1.29 is 9.59 Å². The zero-order valence-corrected chi connectivity index (χ0v) is 14.0. The Kier molecular flexibility index (Phi) is 6.16. The summed E-state index contributed by atoms with van der Waals surface area (Å²) >= 11 is 0. The number of carbonyl (C=O) groups excluding carboxylic acids is 2. The molecule has 0 unspecified atom stereocenters. The van der Waals surface area contributed by atoms with E-state index in [1.54, 1.807) is 0 Å². The maximum Gasteiger partial charge on any atom is 0.234 e. The number of nitrogens with zero attached hydrogens (tertiary/aromatic N) is 1. The number of amides is 2. The molecule has 2 rings (SSSR count). The molecule has 0 bridgehead atoms. The smallest absolute Gasteiger partial charge is 0.234 e. The van der Waals surface area contributed by atoms with Gasteiger partial charge in [0.1, 0.15) is 0 Å². The fourth-order valence-electron chi connectivity index (χ4n) is 3.09. The molecule has 5 heteroatoms. The van der Waals surface area contributed by atoms with Crippen molar-refractivity contribution in [3.63, 3.8) is 0 Å². The molecule has 23 heavy (non-hydrogen) atoms. The summed E-state index contributed by atoms with van der Waals surface area (Å²) in [6.07, 6.45) is 1.49. The van der Waals surface area contributed by atoms with Crippen molar-refractivity contribution in [1.82, 2.24) is 10.2 Å². The predicted molar refractivity (Wildman–Crippen MR) is 90.5 cm³/mol. The third-order valence-corrected chi connectivity index (χ3v) is 4.50. The first-order chi connectivity index (χ1) is 11.0. The van der Waals surface area contributed by atoms with Crippen molar-refractivity contribution in [2.24, 2.45) is 17.6 Å². The van der Waals surface area contributed by atoms with Gasteiger partial charge in [0.25, 0.3) is 0 Å². The average Bonchev–Trinajstić information content (AvgIpc) is 2.53. The lowest BCUT2D eigenvalue weighted by atomic mass is 9.95. The van der Waals surface area contributed by atoms with Crippen LogP contribution in [0.4, 0.5) is 0 Å². The van der Waals surface area contributed by atoms with Gasteiger partial charge in [-0.25, -0.2) is 0 Å². The minimum absolute atomic E-state index is 0.0202. The number of nitrogens with one attached hydrogen (secondary N) is 1. The molecule has 0 spiro atoms. The largest absolute Gasteiger partial charge is 0.369 e. The van der Waals surface area contributed by atoms with Gasteiger partial charge in [-0.1, -0.05) is 44.2 Å². The third-order valence-electron chi connectivity index (χ3n) is 4.50. The van der Waals surface area contributed by atoms with Crippen LogP contribution in [0.1, 0.15) is 38.3 Å². The van der Waals surface area contributed by atoms with Crippen LogP contribution in [0.5, 0.6) is 0 Å².